The Morgan fingerprint density at radius 1 is 1.07 bits per heavy atom. The lowest BCUT2D eigenvalue weighted by Crippen LogP contribution is -2.29. The lowest BCUT2D eigenvalue weighted by Gasteiger charge is -2.10. The Kier molecular flexibility index (Phi) is 4.92. The number of rotatable bonds is 5. The average Bonchev–Trinajstić information content (AvgIpc) is 3.08. The summed E-state index contributed by atoms with van der Waals surface area (Å²) in [6.07, 6.45) is 5.84. The first-order valence-electron chi connectivity index (χ1n) is 9.55. The fourth-order valence-electron chi connectivity index (χ4n) is 3.64. The smallest absolute Gasteiger partial charge is 0.340 e. The summed E-state index contributed by atoms with van der Waals surface area (Å²) in [4.78, 5) is 29.0. The first-order chi connectivity index (χ1) is 14.0. The van der Waals surface area contributed by atoms with Crippen molar-refractivity contribution in [2.75, 3.05) is 6.54 Å². The molecule has 6 nitrogen and oxygen atoms in total. The summed E-state index contributed by atoms with van der Waals surface area (Å²) in [6.45, 7) is 6.21. The highest BCUT2D eigenvalue weighted by atomic mass is 16.4. The number of nitrogens with one attached hydrogen (secondary N) is 1. The maximum Gasteiger partial charge on any atom is 0.340 e. The van der Waals surface area contributed by atoms with Crippen molar-refractivity contribution in [2.24, 2.45) is 0 Å². The lowest BCUT2D eigenvalue weighted by molar-refractivity contribution is -0.120. The zero-order valence-corrected chi connectivity index (χ0v) is 16.7. The molecule has 0 bridgehead atoms. The second-order valence-electron chi connectivity index (χ2n) is 7.30. The van der Waals surface area contributed by atoms with Crippen molar-refractivity contribution in [3.63, 3.8) is 0 Å². The van der Waals surface area contributed by atoms with Crippen molar-refractivity contribution in [3.8, 4) is 0 Å². The van der Waals surface area contributed by atoms with E-state index in [4.69, 9.17) is 8.83 Å². The van der Waals surface area contributed by atoms with E-state index < -0.39 is 5.63 Å². The van der Waals surface area contributed by atoms with Crippen molar-refractivity contribution in [3.05, 3.63) is 75.1 Å². The van der Waals surface area contributed by atoms with Gasteiger partial charge in [-0.15, -0.1) is 0 Å². The molecule has 29 heavy (non-hydrogen) atoms. The minimum Gasteiger partial charge on any atom is -0.464 e. The van der Waals surface area contributed by atoms with Crippen LogP contribution in [-0.4, -0.2) is 17.4 Å². The van der Waals surface area contributed by atoms with E-state index >= 15 is 0 Å². The Morgan fingerprint density at radius 2 is 1.83 bits per heavy atom. The van der Waals surface area contributed by atoms with Gasteiger partial charge in [0.05, 0.1) is 18.2 Å². The van der Waals surface area contributed by atoms with Crippen LogP contribution in [0.5, 0.6) is 0 Å². The molecule has 0 radical (unpaired) electrons. The molecule has 0 fully saturated rings. The number of benzene rings is 1. The van der Waals surface area contributed by atoms with E-state index in [0.29, 0.717) is 24.1 Å². The van der Waals surface area contributed by atoms with Gasteiger partial charge in [-0.1, -0.05) is 0 Å². The fraction of sp³-hybridized carbons (Fsp3) is 0.261. The largest absolute Gasteiger partial charge is 0.464 e. The second-order valence-corrected chi connectivity index (χ2v) is 7.30. The second kappa shape index (κ2) is 7.54. The molecule has 148 valence electrons. The van der Waals surface area contributed by atoms with Crippen molar-refractivity contribution in [1.29, 1.82) is 0 Å². The van der Waals surface area contributed by atoms with Crippen LogP contribution >= 0.6 is 0 Å². The average molecular weight is 390 g/mol. The minimum absolute atomic E-state index is 0.0120. The predicted octanol–water partition coefficient (Wildman–Crippen LogP) is 3.76. The van der Waals surface area contributed by atoms with Crippen molar-refractivity contribution in [1.82, 2.24) is 10.3 Å². The monoisotopic (exact) mass is 390 g/mol. The van der Waals surface area contributed by atoms with E-state index in [0.717, 1.165) is 38.6 Å². The molecule has 0 atom stereocenters. The summed E-state index contributed by atoms with van der Waals surface area (Å²) in [5.41, 5.74) is 4.81. The normalized spacial score (nSPS) is 11.3. The topological polar surface area (TPSA) is 85.3 Å². The Bertz CT molecular complexity index is 1270. The predicted molar refractivity (Wildman–Crippen MR) is 111 cm³/mol. The quantitative estimate of drug-likeness (QED) is 0.525. The first-order valence-corrected chi connectivity index (χ1v) is 9.55. The summed E-state index contributed by atoms with van der Waals surface area (Å²) in [6, 6.07) is 5.80. The third kappa shape index (κ3) is 3.53. The molecule has 4 rings (SSSR count). The maximum atomic E-state index is 12.6. The molecule has 0 aliphatic carbocycles. The van der Waals surface area contributed by atoms with E-state index in [2.05, 4.69) is 10.3 Å². The number of carbonyl (C=O) groups excluding carboxylic acids is 1. The van der Waals surface area contributed by atoms with Crippen LogP contribution in [0.3, 0.4) is 0 Å². The summed E-state index contributed by atoms with van der Waals surface area (Å²) in [5, 5.41) is 4.69. The standard InChI is InChI=1S/C23H22N2O4/c1-13-12-28-21-15(3)22-18(10-17(13)21)14(2)19(23(27)29-22)11-20(26)25-9-6-16-4-7-24-8-5-16/h4-5,7-8,10,12H,6,9,11H2,1-3H3,(H,25,26). The summed E-state index contributed by atoms with van der Waals surface area (Å²) >= 11 is 0. The van der Waals surface area contributed by atoms with Crippen molar-refractivity contribution in [2.45, 2.75) is 33.6 Å². The number of carbonyl (C=O) groups is 1. The number of pyridine rings is 1. The van der Waals surface area contributed by atoms with Crippen LogP contribution < -0.4 is 10.9 Å². The van der Waals surface area contributed by atoms with Crippen LogP contribution in [0.25, 0.3) is 21.9 Å². The van der Waals surface area contributed by atoms with E-state index in [1.165, 1.54) is 0 Å². The third-order valence-corrected chi connectivity index (χ3v) is 5.36. The molecule has 0 unspecified atom stereocenters. The zero-order valence-electron chi connectivity index (χ0n) is 16.7. The van der Waals surface area contributed by atoms with Gasteiger partial charge in [0.1, 0.15) is 11.2 Å². The SMILES string of the molecule is Cc1coc2c(C)c3oc(=O)c(CC(=O)NCCc4ccncc4)c(C)c3cc12. The number of nitrogens with zero attached hydrogens (tertiary/aromatic N) is 1. The number of aromatic nitrogens is 1. The zero-order chi connectivity index (χ0) is 20.5. The molecule has 3 heterocycles. The molecular weight excluding hydrogens is 368 g/mol. The number of amides is 1. The Morgan fingerprint density at radius 3 is 2.59 bits per heavy atom. The molecular formula is C23H22N2O4. The van der Waals surface area contributed by atoms with Crippen LogP contribution in [0.15, 0.2) is 50.5 Å². The molecule has 3 aromatic heterocycles. The van der Waals surface area contributed by atoms with Gasteiger partial charge in [0, 0.05) is 35.3 Å². The van der Waals surface area contributed by atoms with Crippen LogP contribution in [-0.2, 0) is 17.6 Å². The molecule has 0 aliphatic rings. The number of hydrogen-bond acceptors (Lipinski definition) is 5. The summed E-state index contributed by atoms with van der Waals surface area (Å²) in [7, 11) is 0. The van der Waals surface area contributed by atoms with Gasteiger partial charge in [-0.05, 0) is 62.1 Å². The number of aryl methyl sites for hydroxylation is 3. The molecule has 1 N–H and O–H groups in total. The molecule has 6 heteroatoms. The first kappa shape index (κ1) is 18.9. The third-order valence-electron chi connectivity index (χ3n) is 5.36. The molecule has 4 aromatic rings. The Balaban J connectivity index is 1.60. The molecule has 0 aliphatic heterocycles. The van der Waals surface area contributed by atoms with Gasteiger partial charge in [0.15, 0.2) is 0 Å². The van der Waals surface area contributed by atoms with Gasteiger partial charge in [-0.3, -0.25) is 9.78 Å². The minimum atomic E-state index is -0.481. The van der Waals surface area contributed by atoms with Crippen molar-refractivity contribution < 1.29 is 13.6 Å². The number of fused-ring (bicyclic) bond motifs is 2. The van der Waals surface area contributed by atoms with Crippen LogP contribution in [0.4, 0.5) is 0 Å². The van der Waals surface area contributed by atoms with Gasteiger partial charge in [-0.25, -0.2) is 4.79 Å². The molecule has 0 saturated carbocycles. The van der Waals surface area contributed by atoms with E-state index in [-0.39, 0.29) is 12.3 Å². The lowest BCUT2D eigenvalue weighted by atomic mass is 9.99. The number of furan rings is 1. The van der Waals surface area contributed by atoms with Crippen LogP contribution in [0.1, 0.15) is 27.8 Å². The van der Waals surface area contributed by atoms with Crippen LogP contribution in [0.2, 0.25) is 0 Å². The van der Waals surface area contributed by atoms with Gasteiger partial charge in [-0.2, -0.15) is 0 Å². The molecule has 1 amide bonds. The van der Waals surface area contributed by atoms with E-state index in [1.54, 1.807) is 18.7 Å². The fourth-order valence-corrected chi connectivity index (χ4v) is 3.64. The number of hydrogen-bond donors (Lipinski definition) is 1. The summed E-state index contributed by atoms with van der Waals surface area (Å²) < 4.78 is 11.2. The highest BCUT2D eigenvalue weighted by Gasteiger charge is 2.19. The van der Waals surface area contributed by atoms with Gasteiger partial charge < -0.3 is 14.2 Å². The Hall–Kier alpha value is -3.41. The molecule has 0 saturated heterocycles. The van der Waals surface area contributed by atoms with E-state index in [9.17, 15) is 9.59 Å². The van der Waals surface area contributed by atoms with Gasteiger partial charge in [0.2, 0.25) is 5.91 Å². The summed E-state index contributed by atoms with van der Waals surface area (Å²) in [5.74, 6) is -0.203. The molecule has 1 aromatic carbocycles. The van der Waals surface area contributed by atoms with Crippen molar-refractivity contribution >= 4 is 27.8 Å². The Labute approximate surface area is 167 Å². The van der Waals surface area contributed by atoms with Gasteiger partial charge >= 0.3 is 5.63 Å². The highest BCUT2D eigenvalue weighted by Crippen LogP contribution is 2.32. The van der Waals surface area contributed by atoms with E-state index in [1.807, 2.05) is 39.0 Å². The highest BCUT2D eigenvalue weighted by molar-refractivity contribution is 6.00. The van der Waals surface area contributed by atoms with Gasteiger partial charge in [0.25, 0.3) is 0 Å². The molecule has 0 spiro atoms. The maximum absolute atomic E-state index is 12.6. The van der Waals surface area contributed by atoms with Crippen LogP contribution in [0, 0.1) is 20.8 Å².